The lowest BCUT2D eigenvalue weighted by Gasteiger charge is -2.02. The minimum absolute atomic E-state index is 0.0304. The number of pyridine rings is 1. The Bertz CT molecular complexity index is 557. The Labute approximate surface area is 80.3 Å². The van der Waals surface area contributed by atoms with E-state index in [0.717, 1.165) is 35.1 Å². The lowest BCUT2D eigenvalue weighted by molar-refractivity contribution is 0.357. The van der Waals surface area contributed by atoms with Crippen molar-refractivity contribution in [2.75, 3.05) is 6.61 Å². The minimum Gasteiger partial charge on any atom is -0.493 e. The predicted molar refractivity (Wildman–Crippen MR) is 53.8 cm³/mol. The van der Waals surface area contributed by atoms with Crippen LogP contribution in [-0.2, 0) is 6.42 Å². The molecule has 1 aliphatic rings. The van der Waals surface area contributed by atoms with Gasteiger partial charge in [0.05, 0.1) is 6.61 Å². The third-order valence-electron chi connectivity index (χ3n) is 2.63. The number of nitrogens with one attached hydrogen (secondary N) is 1. The number of benzene rings is 1. The van der Waals surface area contributed by atoms with Crippen LogP contribution in [0.15, 0.2) is 29.2 Å². The van der Waals surface area contributed by atoms with E-state index in [4.69, 9.17) is 4.74 Å². The van der Waals surface area contributed by atoms with Crippen LogP contribution in [0, 0.1) is 0 Å². The highest BCUT2D eigenvalue weighted by molar-refractivity contribution is 5.87. The summed E-state index contributed by atoms with van der Waals surface area (Å²) in [7, 11) is 0. The second-order valence-corrected chi connectivity index (χ2v) is 3.41. The molecule has 0 amide bonds. The summed E-state index contributed by atoms with van der Waals surface area (Å²) in [5.41, 5.74) is 1.13. The van der Waals surface area contributed by atoms with Crippen LogP contribution in [-0.4, -0.2) is 11.6 Å². The molecular weight excluding hydrogens is 178 g/mol. The molecule has 0 atom stereocenters. The highest BCUT2D eigenvalue weighted by Crippen LogP contribution is 2.30. The van der Waals surface area contributed by atoms with Gasteiger partial charge in [-0.15, -0.1) is 0 Å². The van der Waals surface area contributed by atoms with Crippen LogP contribution in [0.2, 0.25) is 0 Å². The van der Waals surface area contributed by atoms with Crippen molar-refractivity contribution in [1.82, 2.24) is 4.98 Å². The molecule has 0 aliphatic carbocycles. The Morgan fingerprint density at radius 1 is 1.21 bits per heavy atom. The first-order valence-electron chi connectivity index (χ1n) is 4.62. The molecule has 2 heterocycles. The maximum Gasteiger partial charge on any atom is 0.255 e. The summed E-state index contributed by atoms with van der Waals surface area (Å²) in [6.07, 6.45) is 2.58. The molecule has 1 aromatic carbocycles. The Balaban J connectivity index is 2.50. The van der Waals surface area contributed by atoms with Gasteiger partial charge in [0.15, 0.2) is 0 Å². The van der Waals surface area contributed by atoms with Gasteiger partial charge in [-0.2, -0.15) is 0 Å². The number of hydrogen-bond acceptors (Lipinski definition) is 2. The van der Waals surface area contributed by atoms with Gasteiger partial charge in [-0.1, -0.05) is 0 Å². The van der Waals surface area contributed by atoms with Crippen molar-refractivity contribution in [3.63, 3.8) is 0 Å². The number of aromatic nitrogens is 1. The molecular formula is C11H9NO2. The molecule has 3 heteroatoms. The van der Waals surface area contributed by atoms with Crippen molar-refractivity contribution in [2.24, 2.45) is 0 Å². The number of H-pyrrole nitrogens is 1. The molecule has 2 aromatic rings. The quantitative estimate of drug-likeness (QED) is 0.678. The number of fused-ring (bicyclic) bond motifs is 3. The van der Waals surface area contributed by atoms with E-state index in [9.17, 15) is 4.79 Å². The molecule has 3 rings (SSSR count). The van der Waals surface area contributed by atoms with E-state index in [2.05, 4.69) is 4.98 Å². The first-order valence-corrected chi connectivity index (χ1v) is 4.62. The summed E-state index contributed by atoms with van der Waals surface area (Å²) < 4.78 is 5.43. The fourth-order valence-corrected chi connectivity index (χ4v) is 1.97. The monoisotopic (exact) mass is 187 g/mol. The minimum atomic E-state index is -0.0304. The lowest BCUT2D eigenvalue weighted by Crippen LogP contribution is -2.04. The topological polar surface area (TPSA) is 42.1 Å². The molecule has 1 N–H and O–H groups in total. The molecule has 14 heavy (non-hydrogen) atoms. The summed E-state index contributed by atoms with van der Waals surface area (Å²) in [5.74, 6) is 0.920. The van der Waals surface area contributed by atoms with E-state index >= 15 is 0 Å². The van der Waals surface area contributed by atoms with Crippen molar-refractivity contribution in [3.05, 3.63) is 40.3 Å². The van der Waals surface area contributed by atoms with E-state index in [0.29, 0.717) is 0 Å². The standard InChI is InChI=1S/C11H9NO2/c13-11-9-1-2-10-8(4-6-14-10)7(9)3-5-12-11/h1-3,5H,4,6H2,(H,12,13). The first-order chi connectivity index (χ1) is 6.86. The maximum atomic E-state index is 11.5. The van der Waals surface area contributed by atoms with Gasteiger partial charge in [0, 0.05) is 23.6 Å². The van der Waals surface area contributed by atoms with Gasteiger partial charge in [-0.05, 0) is 23.6 Å². The number of ether oxygens (including phenoxy) is 1. The molecule has 70 valence electrons. The molecule has 1 aromatic heterocycles. The van der Waals surface area contributed by atoms with Crippen LogP contribution < -0.4 is 10.3 Å². The van der Waals surface area contributed by atoms with Gasteiger partial charge in [-0.25, -0.2) is 0 Å². The summed E-state index contributed by atoms with van der Waals surface area (Å²) >= 11 is 0. The maximum absolute atomic E-state index is 11.5. The van der Waals surface area contributed by atoms with Crippen LogP contribution >= 0.6 is 0 Å². The van der Waals surface area contributed by atoms with Crippen molar-refractivity contribution in [2.45, 2.75) is 6.42 Å². The first kappa shape index (κ1) is 7.62. The third-order valence-corrected chi connectivity index (χ3v) is 2.63. The molecule has 1 aliphatic heterocycles. The third kappa shape index (κ3) is 0.894. The summed E-state index contributed by atoms with van der Waals surface area (Å²) in [4.78, 5) is 14.2. The number of aromatic amines is 1. The second-order valence-electron chi connectivity index (χ2n) is 3.41. The van der Waals surface area contributed by atoms with Crippen LogP contribution in [0.5, 0.6) is 5.75 Å². The molecule has 0 radical (unpaired) electrons. The highest BCUT2D eigenvalue weighted by Gasteiger charge is 2.15. The van der Waals surface area contributed by atoms with Crippen LogP contribution in [0.4, 0.5) is 0 Å². The molecule has 0 saturated carbocycles. The van der Waals surface area contributed by atoms with Crippen LogP contribution in [0.1, 0.15) is 5.56 Å². The fourth-order valence-electron chi connectivity index (χ4n) is 1.97. The van der Waals surface area contributed by atoms with Crippen LogP contribution in [0.25, 0.3) is 10.8 Å². The van der Waals surface area contributed by atoms with E-state index < -0.39 is 0 Å². The van der Waals surface area contributed by atoms with Gasteiger partial charge in [0.25, 0.3) is 5.56 Å². The Morgan fingerprint density at radius 3 is 3.07 bits per heavy atom. The van der Waals surface area contributed by atoms with E-state index in [1.165, 1.54) is 0 Å². The molecule has 0 fully saturated rings. The summed E-state index contributed by atoms with van der Waals surface area (Å²) in [5, 5.41) is 1.76. The SMILES string of the molecule is O=c1[nH]ccc2c3c(ccc12)OCC3. The summed E-state index contributed by atoms with van der Waals surface area (Å²) in [6.45, 7) is 0.723. The van der Waals surface area contributed by atoms with Crippen molar-refractivity contribution in [3.8, 4) is 5.75 Å². The smallest absolute Gasteiger partial charge is 0.255 e. The summed E-state index contributed by atoms with van der Waals surface area (Å²) in [6, 6.07) is 5.63. The zero-order valence-corrected chi connectivity index (χ0v) is 7.54. The fraction of sp³-hybridized carbons (Fsp3) is 0.182. The predicted octanol–water partition coefficient (Wildman–Crippen LogP) is 1.46. The van der Waals surface area contributed by atoms with E-state index in [1.807, 2.05) is 18.2 Å². The average molecular weight is 187 g/mol. The van der Waals surface area contributed by atoms with Gasteiger partial charge in [-0.3, -0.25) is 4.79 Å². The Kier molecular flexibility index (Phi) is 1.42. The largest absolute Gasteiger partial charge is 0.493 e. The van der Waals surface area contributed by atoms with Crippen molar-refractivity contribution in [1.29, 1.82) is 0 Å². The van der Waals surface area contributed by atoms with Gasteiger partial charge in [0.1, 0.15) is 5.75 Å². The molecule has 3 nitrogen and oxygen atoms in total. The molecule has 0 unspecified atom stereocenters. The zero-order valence-electron chi connectivity index (χ0n) is 7.54. The number of hydrogen-bond donors (Lipinski definition) is 1. The van der Waals surface area contributed by atoms with Gasteiger partial charge >= 0.3 is 0 Å². The second kappa shape index (κ2) is 2.61. The molecule has 0 saturated heterocycles. The van der Waals surface area contributed by atoms with Gasteiger partial charge < -0.3 is 9.72 Å². The molecule has 0 bridgehead atoms. The van der Waals surface area contributed by atoms with E-state index in [1.54, 1.807) is 6.20 Å². The van der Waals surface area contributed by atoms with Crippen molar-refractivity contribution >= 4 is 10.8 Å². The zero-order chi connectivity index (χ0) is 9.54. The molecule has 0 spiro atoms. The lowest BCUT2D eigenvalue weighted by atomic mass is 10.0. The highest BCUT2D eigenvalue weighted by atomic mass is 16.5. The number of rotatable bonds is 0. The Morgan fingerprint density at radius 2 is 2.14 bits per heavy atom. The van der Waals surface area contributed by atoms with Gasteiger partial charge in [0.2, 0.25) is 0 Å². The van der Waals surface area contributed by atoms with Crippen molar-refractivity contribution < 1.29 is 4.74 Å². The van der Waals surface area contributed by atoms with E-state index in [-0.39, 0.29) is 5.56 Å². The average Bonchev–Trinajstić information content (AvgIpc) is 2.66. The Hall–Kier alpha value is -1.77. The van der Waals surface area contributed by atoms with Crippen LogP contribution in [0.3, 0.4) is 0 Å². The normalized spacial score (nSPS) is 14.0.